The normalized spacial score (nSPS) is 22.2. The SMILES string of the molecule is O=C(c1sccc1Cl)C1CSCCO1. The second-order valence-corrected chi connectivity index (χ2v) is 5.37. The Morgan fingerprint density at radius 1 is 1.64 bits per heavy atom. The lowest BCUT2D eigenvalue weighted by Crippen LogP contribution is -2.31. The summed E-state index contributed by atoms with van der Waals surface area (Å²) in [5, 5.41) is 2.37. The van der Waals surface area contributed by atoms with Crippen LogP contribution in [0.25, 0.3) is 0 Å². The van der Waals surface area contributed by atoms with Crippen molar-refractivity contribution in [3.8, 4) is 0 Å². The molecule has 1 aliphatic rings. The Hall–Kier alpha value is -0.0300. The third-order valence-corrected chi connectivity index (χ3v) is 4.30. The zero-order valence-corrected chi connectivity index (χ0v) is 9.75. The van der Waals surface area contributed by atoms with Gasteiger partial charge in [0.2, 0.25) is 5.78 Å². The van der Waals surface area contributed by atoms with Gasteiger partial charge in [-0.25, -0.2) is 0 Å². The standard InChI is InChI=1S/C9H9ClO2S2/c10-6-1-3-14-9(6)8(11)7-5-13-4-2-12-7/h1,3,7H,2,4-5H2. The molecule has 2 nitrogen and oxygen atoms in total. The number of carbonyl (C=O) groups excluding carboxylic acids is 1. The predicted molar refractivity (Wildman–Crippen MR) is 60.7 cm³/mol. The van der Waals surface area contributed by atoms with Crippen molar-refractivity contribution < 1.29 is 9.53 Å². The smallest absolute Gasteiger partial charge is 0.203 e. The first-order valence-electron chi connectivity index (χ1n) is 4.25. The van der Waals surface area contributed by atoms with Crippen LogP contribution in [-0.2, 0) is 4.74 Å². The van der Waals surface area contributed by atoms with Crippen molar-refractivity contribution >= 4 is 40.5 Å². The van der Waals surface area contributed by atoms with E-state index in [4.69, 9.17) is 16.3 Å². The third-order valence-electron chi connectivity index (χ3n) is 1.95. The molecule has 5 heteroatoms. The van der Waals surface area contributed by atoms with Crippen LogP contribution < -0.4 is 0 Å². The minimum absolute atomic E-state index is 0.0252. The Kier molecular flexibility index (Phi) is 3.49. The molecule has 0 N–H and O–H groups in total. The van der Waals surface area contributed by atoms with Gasteiger partial charge >= 0.3 is 0 Å². The maximum Gasteiger partial charge on any atom is 0.203 e. The van der Waals surface area contributed by atoms with Crippen molar-refractivity contribution in [3.05, 3.63) is 21.3 Å². The van der Waals surface area contributed by atoms with Gasteiger partial charge in [-0.3, -0.25) is 4.79 Å². The molecule has 0 spiro atoms. The van der Waals surface area contributed by atoms with E-state index >= 15 is 0 Å². The average molecular weight is 249 g/mol. The zero-order valence-electron chi connectivity index (χ0n) is 7.36. The first kappa shape index (κ1) is 10.5. The van der Waals surface area contributed by atoms with E-state index in [9.17, 15) is 4.79 Å². The van der Waals surface area contributed by atoms with Crippen molar-refractivity contribution in [2.75, 3.05) is 18.1 Å². The molecule has 1 aliphatic heterocycles. The molecule has 76 valence electrons. The maximum atomic E-state index is 11.9. The van der Waals surface area contributed by atoms with Crippen molar-refractivity contribution in [1.82, 2.24) is 0 Å². The molecule has 0 radical (unpaired) electrons. The number of thiophene rings is 1. The van der Waals surface area contributed by atoms with Gasteiger partial charge in [0.1, 0.15) is 6.10 Å². The lowest BCUT2D eigenvalue weighted by atomic mass is 10.2. The number of rotatable bonds is 2. The van der Waals surface area contributed by atoms with Gasteiger partial charge in [0, 0.05) is 11.5 Å². The number of halogens is 1. The Morgan fingerprint density at radius 2 is 2.50 bits per heavy atom. The van der Waals surface area contributed by atoms with E-state index in [2.05, 4.69) is 0 Å². The molecule has 2 heterocycles. The van der Waals surface area contributed by atoms with E-state index in [0.29, 0.717) is 16.5 Å². The summed E-state index contributed by atoms with van der Waals surface area (Å²) in [5.74, 6) is 1.74. The van der Waals surface area contributed by atoms with Gasteiger partial charge in [-0.15, -0.1) is 11.3 Å². The van der Waals surface area contributed by atoms with Gasteiger partial charge in [-0.2, -0.15) is 11.8 Å². The first-order chi connectivity index (χ1) is 6.79. The van der Waals surface area contributed by atoms with Crippen LogP contribution in [0.15, 0.2) is 11.4 Å². The molecule has 1 unspecified atom stereocenters. The van der Waals surface area contributed by atoms with Gasteiger partial charge in [0.05, 0.1) is 16.5 Å². The molecular weight excluding hydrogens is 240 g/mol. The monoisotopic (exact) mass is 248 g/mol. The fraction of sp³-hybridized carbons (Fsp3) is 0.444. The first-order valence-corrected chi connectivity index (χ1v) is 6.67. The highest BCUT2D eigenvalue weighted by Crippen LogP contribution is 2.26. The topological polar surface area (TPSA) is 26.3 Å². The molecular formula is C9H9ClO2S2. The number of carbonyl (C=O) groups is 1. The van der Waals surface area contributed by atoms with Gasteiger partial charge in [0.15, 0.2) is 0 Å². The lowest BCUT2D eigenvalue weighted by molar-refractivity contribution is 0.0523. The van der Waals surface area contributed by atoms with Crippen molar-refractivity contribution in [2.45, 2.75) is 6.10 Å². The van der Waals surface area contributed by atoms with E-state index in [1.54, 1.807) is 17.8 Å². The zero-order chi connectivity index (χ0) is 9.97. The van der Waals surface area contributed by atoms with E-state index in [1.807, 2.05) is 5.38 Å². The maximum absolute atomic E-state index is 11.9. The van der Waals surface area contributed by atoms with E-state index < -0.39 is 0 Å². The van der Waals surface area contributed by atoms with E-state index in [1.165, 1.54) is 11.3 Å². The second-order valence-electron chi connectivity index (χ2n) is 2.90. The fourth-order valence-electron chi connectivity index (χ4n) is 1.25. The number of ketones is 1. The summed E-state index contributed by atoms with van der Waals surface area (Å²) >= 11 is 9.01. The average Bonchev–Trinajstić information content (AvgIpc) is 2.65. The highest BCUT2D eigenvalue weighted by atomic mass is 35.5. The van der Waals surface area contributed by atoms with Crippen LogP contribution in [0.4, 0.5) is 0 Å². The summed E-state index contributed by atoms with van der Waals surface area (Å²) < 4.78 is 5.40. The van der Waals surface area contributed by atoms with Gasteiger partial charge < -0.3 is 4.74 Å². The third kappa shape index (κ3) is 2.14. The van der Waals surface area contributed by atoms with Crippen LogP contribution in [0.2, 0.25) is 5.02 Å². The molecule has 0 aromatic carbocycles. The summed E-state index contributed by atoms with van der Waals surface area (Å²) in [4.78, 5) is 12.5. The number of hydrogen-bond donors (Lipinski definition) is 0. The number of ether oxygens (including phenoxy) is 1. The molecule has 1 aromatic heterocycles. The molecule has 1 fully saturated rings. The highest BCUT2D eigenvalue weighted by molar-refractivity contribution is 7.99. The second kappa shape index (κ2) is 4.66. The molecule has 0 saturated carbocycles. The van der Waals surface area contributed by atoms with Crippen LogP contribution >= 0.6 is 34.7 Å². The van der Waals surface area contributed by atoms with Crippen LogP contribution in [0.1, 0.15) is 9.67 Å². The van der Waals surface area contributed by atoms with Crippen LogP contribution in [0, 0.1) is 0 Å². The molecule has 1 atom stereocenters. The number of hydrogen-bond acceptors (Lipinski definition) is 4. The van der Waals surface area contributed by atoms with E-state index in [0.717, 1.165) is 11.5 Å². The molecule has 14 heavy (non-hydrogen) atoms. The highest BCUT2D eigenvalue weighted by Gasteiger charge is 2.25. The van der Waals surface area contributed by atoms with Gasteiger partial charge in [0.25, 0.3) is 0 Å². The number of thioether (sulfide) groups is 1. The molecule has 0 bridgehead atoms. The Balaban J connectivity index is 2.11. The van der Waals surface area contributed by atoms with Gasteiger partial charge in [-0.05, 0) is 11.4 Å². The molecule has 0 aliphatic carbocycles. The van der Waals surface area contributed by atoms with Crippen molar-refractivity contribution in [3.63, 3.8) is 0 Å². The minimum atomic E-state index is -0.301. The lowest BCUT2D eigenvalue weighted by Gasteiger charge is -2.20. The summed E-state index contributed by atoms with van der Waals surface area (Å²) in [6.45, 7) is 0.657. The van der Waals surface area contributed by atoms with Crippen LogP contribution in [0.3, 0.4) is 0 Å². The molecule has 0 amide bonds. The Bertz CT molecular complexity index is 331. The largest absolute Gasteiger partial charge is 0.368 e. The summed E-state index contributed by atoms with van der Waals surface area (Å²) in [6.07, 6.45) is -0.301. The van der Waals surface area contributed by atoms with Crippen LogP contribution in [0.5, 0.6) is 0 Å². The molecule has 1 saturated heterocycles. The predicted octanol–water partition coefficient (Wildman–Crippen LogP) is 2.72. The van der Waals surface area contributed by atoms with Crippen molar-refractivity contribution in [2.24, 2.45) is 0 Å². The summed E-state index contributed by atoms with van der Waals surface area (Å²) in [7, 11) is 0. The Labute approximate surface area is 95.6 Å². The van der Waals surface area contributed by atoms with Crippen molar-refractivity contribution in [1.29, 1.82) is 0 Å². The molecule has 2 rings (SSSR count). The summed E-state index contributed by atoms with van der Waals surface area (Å²) in [6, 6.07) is 1.75. The minimum Gasteiger partial charge on any atom is -0.368 e. The van der Waals surface area contributed by atoms with E-state index in [-0.39, 0.29) is 11.9 Å². The summed E-state index contributed by atoms with van der Waals surface area (Å²) in [5.41, 5.74) is 0. The molecule has 1 aromatic rings. The Morgan fingerprint density at radius 3 is 3.07 bits per heavy atom. The van der Waals surface area contributed by atoms with Crippen LogP contribution in [-0.4, -0.2) is 30.0 Å². The fourth-order valence-corrected chi connectivity index (χ4v) is 3.23. The number of Topliss-reactive ketones (excluding diaryl/α,β-unsaturated/α-hetero) is 1. The van der Waals surface area contributed by atoms with Gasteiger partial charge in [-0.1, -0.05) is 11.6 Å². The quantitative estimate of drug-likeness (QED) is 0.753.